The van der Waals surface area contributed by atoms with E-state index in [0.717, 1.165) is 0 Å². The third kappa shape index (κ3) is 6.06. The number of carbonyl (C=O) groups excluding carboxylic acids is 2. The molecule has 0 aromatic heterocycles. The Morgan fingerprint density at radius 3 is 2.33 bits per heavy atom. The number of ether oxygens (including phenoxy) is 2. The van der Waals surface area contributed by atoms with Crippen LogP contribution in [0.15, 0.2) is 0 Å². The van der Waals surface area contributed by atoms with Gasteiger partial charge < -0.3 is 14.6 Å². The zero-order chi connectivity index (χ0) is 11.7. The molecule has 0 rings (SSSR count). The molecule has 0 aromatic rings. The lowest BCUT2D eigenvalue weighted by molar-refractivity contribution is -0.152. The van der Waals surface area contributed by atoms with Crippen molar-refractivity contribution in [1.29, 1.82) is 0 Å². The maximum atomic E-state index is 11.3. The fraction of sp³-hybridized carbons (Fsp3) is 0.800. The largest absolute Gasteiger partial charge is 0.469 e. The first-order chi connectivity index (χ1) is 7.15. The molecule has 0 bridgehead atoms. The molecule has 0 aliphatic rings. The normalized spacial score (nSPS) is 11.9. The van der Waals surface area contributed by atoms with Crippen LogP contribution >= 0.6 is 0 Å². The zero-order valence-corrected chi connectivity index (χ0v) is 9.19. The van der Waals surface area contributed by atoms with Gasteiger partial charge in [0.2, 0.25) is 0 Å². The Labute approximate surface area is 89.4 Å². The van der Waals surface area contributed by atoms with Crippen molar-refractivity contribution in [3.8, 4) is 0 Å². The first-order valence-electron chi connectivity index (χ1n) is 4.91. The summed E-state index contributed by atoms with van der Waals surface area (Å²) in [6.45, 7) is 0.0894. The van der Waals surface area contributed by atoms with Crippen LogP contribution in [0.3, 0.4) is 0 Å². The van der Waals surface area contributed by atoms with Crippen LogP contribution in [0.5, 0.6) is 0 Å². The number of hydrogen-bond acceptors (Lipinski definition) is 5. The molecule has 15 heavy (non-hydrogen) atoms. The molecule has 0 aliphatic carbocycles. The van der Waals surface area contributed by atoms with E-state index in [1.165, 1.54) is 14.2 Å². The summed E-state index contributed by atoms with van der Waals surface area (Å²) in [6, 6.07) is 0. The van der Waals surface area contributed by atoms with Gasteiger partial charge in [0.25, 0.3) is 0 Å². The fourth-order valence-corrected chi connectivity index (χ4v) is 1.26. The van der Waals surface area contributed by atoms with E-state index >= 15 is 0 Å². The Kier molecular flexibility index (Phi) is 7.62. The van der Waals surface area contributed by atoms with Gasteiger partial charge in [0.05, 0.1) is 26.6 Å². The van der Waals surface area contributed by atoms with Crippen molar-refractivity contribution in [1.82, 2.24) is 0 Å². The van der Waals surface area contributed by atoms with Gasteiger partial charge in [-0.25, -0.2) is 0 Å². The topological polar surface area (TPSA) is 72.8 Å². The van der Waals surface area contributed by atoms with E-state index < -0.39 is 17.9 Å². The number of rotatable bonds is 7. The van der Waals surface area contributed by atoms with Crippen molar-refractivity contribution in [3.63, 3.8) is 0 Å². The van der Waals surface area contributed by atoms with Crippen molar-refractivity contribution < 1.29 is 24.2 Å². The quantitative estimate of drug-likeness (QED) is 0.497. The molecule has 0 saturated heterocycles. The van der Waals surface area contributed by atoms with Gasteiger partial charge in [-0.05, 0) is 12.8 Å². The Bertz CT molecular complexity index is 202. The minimum Gasteiger partial charge on any atom is -0.469 e. The molecule has 0 saturated carbocycles. The first kappa shape index (κ1) is 13.9. The summed E-state index contributed by atoms with van der Waals surface area (Å²) in [6.07, 6.45) is 1.87. The molecule has 0 aromatic carbocycles. The van der Waals surface area contributed by atoms with Crippen LogP contribution in [0.1, 0.15) is 25.7 Å². The Hall–Kier alpha value is -1.10. The molecule has 0 aliphatic heterocycles. The highest BCUT2D eigenvalue weighted by Gasteiger charge is 2.22. The summed E-state index contributed by atoms with van der Waals surface area (Å²) >= 11 is 0. The van der Waals surface area contributed by atoms with Crippen LogP contribution < -0.4 is 0 Å². The minimum atomic E-state index is -0.464. The first-order valence-corrected chi connectivity index (χ1v) is 4.91. The Morgan fingerprint density at radius 1 is 1.20 bits per heavy atom. The standard InChI is InChI=1S/C10H18O5/c1-14-9(12)7-8(10(13)15-2)5-3-4-6-11/h8,11H,3-7H2,1-2H3. The molecule has 88 valence electrons. The van der Waals surface area contributed by atoms with E-state index in [1.54, 1.807) is 0 Å². The Morgan fingerprint density at radius 2 is 1.87 bits per heavy atom. The molecule has 1 atom stereocenters. The second-order valence-corrected chi connectivity index (χ2v) is 3.22. The molecule has 0 spiro atoms. The van der Waals surface area contributed by atoms with E-state index in [4.69, 9.17) is 5.11 Å². The van der Waals surface area contributed by atoms with E-state index in [1.807, 2.05) is 0 Å². The second-order valence-electron chi connectivity index (χ2n) is 3.22. The van der Waals surface area contributed by atoms with Crippen molar-refractivity contribution in [2.45, 2.75) is 25.7 Å². The molecule has 0 fully saturated rings. The van der Waals surface area contributed by atoms with Gasteiger partial charge in [0.1, 0.15) is 0 Å². The third-order valence-electron chi connectivity index (χ3n) is 2.14. The summed E-state index contributed by atoms with van der Waals surface area (Å²) in [5.74, 6) is -1.29. The van der Waals surface area contributed by atoms with Gasteiger partial charge >= 0.3 is 11.9 Å². The molecule has 0 heterocycles. The SMILES string of the molecule is COC(=O)CC(CCCCO)C(=O)OC. The average Bonchev–Trinajstić information content (AvgIpc) is 2.26. The van der Waals surface area contributed by atoms with Crippen LogP contribution in [0.4, 0.5) is 0 Å². The van der Waals surface area contributed by atoms with Gasteiger partial charge in [-0.15, -0.1) is 0 Å². The third-order valence-corrected chi connectivity index (χ3v) is 2.14. The van der Waals surface area contributed by atoms with Crippen LogP contribution in [0.25, 0.3) is 0 Å². The molecule has 0 radical (unpaired) electrons. The highest BCUT2D eigenvalue weighted by atomic mass is 16.5. The number of methoxy groups -OCH3 is 2. The average molecular weight is 218 g/mol. The molecule has 1 unspecified atom stereocenters. The lowest BCUT2D eigenvalue weighted by Gasteiger charge is -2.12. The highest BCUT2D eigenvalue weighted by molar-refractivity contribution is 5.79. The molecule has 0 amide bonds. The molecule has 5 nitrogen and oxygen atoms in total. The number of unbranched alkanes of at least 4 members (excludes halogenated alkanes) is 1. The zero-order valence-electron chi connectivity index (χ0n) is 9.19. The monoisotopic (exact) mass is 218 g/mol. The van der Waals surface area contributed by atoms with Crippen molar-refractivity contribution in [3.05, 3.63) is 0 Å². The molecule has 1 N–H and O–H groups in total. The van der Waals surface area contributed by atoms with Gasteiger partial charge in [0, 0.05) is 6.61 Å². The van der Waals surface area contributed by atoms with E-state index in [9.17, 15) is 9.59 Å². The minimum absolute atomic E-state index is 0.0363. The lowest BCUT2D eigenvalue weighted by Crippen LogP contribution is -2.20. The predicted molar refractivity (Wildman–Crippen MR) is 53.1 cm³/mol. The van der Waals surface area contributed by atoms with E-state index in [0.29, 0.717) is 19.3 Å². The van der Waals surface area contributed by atoms with Crippen LogP contribution in [-0.4, -0.2) is 37.9 Å². The smallest absolute Gasteiger partial charge is 0.309 e. The summed E-state index contributed by atoms with van der Waals surface area (Å²) in [4.78, 5) is 22.3. The summed E-state index contributed by atoms with van der Waals surface area (Å²) in [5.41, 5.74) is 0. The van der Waals surface area contributed by atoms with Crippen LogP contribution in [0, 0.1) is 5.92 Å². The predicted octanol–water partition coefficient (Wildman–Crippen LogP) is 0.501. The summed E-state index contributed by atoms with van der Waals surface area (Å²) in [7, 11) is 2.57. The summed E-state index contributed by atoms with van der Waals surface area (Å²) in [5, 5.41) is 8.60. The van der Waals surface area contributed by atoms with Crippen LogP contribution in [-0.2, 0) is 19.1 Å². The van der Waals surface area contributed by atoms with E-state index in [2.05, 4.69) is 9.47 Å². The van der Waals surface area contributed by atoms with Gasteiger partial charge in [-0.2, -0.15) is 0 Å². The second kappa shape index (κ2) is 8.23. The number of aliphatic hydroxyl groups excluding tert-OH is 1. The number of esters is 2. The number of hydrogen-bond donors (Lipinski definition) is 1. The lowest BCUT2D eigenvalue weighted by atomic mass is 9.98. The molecular formula is C10H18O5. The van der Waals surface area contributed by atoms with Crippen molar-refractivity contribution >= 4 is 11.9 Å². The van der Waals surface area contributed by atoms with Crippen molar-refractivity contribution in [2.75, 3.05) is 20.8 Å². The number of carbonyl (C=O) groups is 2. The van der Waals surface area contributed by atoms with Crippen LogP contribution in [0.2, 0.25) is 0 Å². The molecular weight excluding hydrogens is 200 g/mol. The Balaban J connectivity index is 4.06. The van der Waals surface area contributed by atoms with E-state index in [-0.39, 0.29) is 13.0 Å². The molecule has 5 heteroatoms. The van der Waals surface area contributed by atoms with Gasteiger partial charge in [-0.3, -0.25) is 9.59 Å². The number of aliphatic hydroxyl groups is 1. The highest BCUT2D eigenvalue weighted by Crippen LogP contribution is 2.15. The maximum absolute atomic E-state index is 11.3. The van der Waals surface area contributed by atoms with Crippen molar-refractivity contribution in [2.24, 2.45) is 5.92 Å². The van der Waals surface area contributed by atoms with Gasteiger partial charge in [0.15, 0.2) is 0 Å². The maximum Gasteiger partial charge on any atom is 0.309 e. The van der Waals surface area contributed by atoms with Gasteiger partial charge in [-0.1, -0.05) is 6.42 Å². The summed E-state index contributed by atoms with van der Waals surface area (Å²) < 4.78 is 9.06. The fourth-order valence-electron chi connectivity index (χ4n) is 1.26.